The topological polar surface area (TPSA) is 62.9 Å². The summed E-state index contributed by atoms with van der Waals surface area (Å²) in [5.41, 5.74) is 0. The lowest BCUT2D eigenvalue weighted by molar-refractivity contribution is -0.126. The Bertz CT molecular complexity index is 411. The van der Waals surface area contributed by atoms with E-state index in [0.29, 0.717) is 5.76 Å². The van der Waals surface area contributed by atoms with Crippen molar-refractivity contribution in [3.8, 4) is 0 Å². The number of methoxy groups -OCH3 is 1. The summed E-state index contributed by atoms with van der Waals surface area (Å²) in [6.45, 7) is 2.28. The van der Waals surface area contributed by atoms with E-state index in [1.807, 2.05) is 13.0 Å². The summed E-state index contributed by atoms with van der Waals surface area (Å²) in [7, 11) is 3.13. The summed E-state index contributed by atoms with van der Waals surface area (Å²) < 4.78 is 10.1. The number of hydrogen-bond donors (Lipinski definition) is 1. The molecule has 0 bridgehead atoms. The Morgan fingerprint density at radius 1 is 1.61 bits per heavy atom. The molecule has 0 aliphatic heterocycles. The molecule has 1 amide bonds. The summed E-state index contributed by atoms with van der Waals surface area (Å²) in [5.74, 6) is 1.23. The van der Waals surface area contributed by atoms with Crippen LogP contribution < -0.4 is 0 Å². The fraction of sp³-hybridized carbons (Fsp3) is 0.462. The predicted octanol–water partition coefficient (Wildman–Crippen LogP) is 1.07. The molecule has 0 spiro atoms. The minimum atomic E-state index is -0.678. The molecule has 0 aliphatic rings. The second-order valence-electron chi connectivity index (χ2n) is 4.11. The molecule has 1 aromatic heterocycles. The van der Waals surface area contributed by atoms with E-state index >= 15 is 0 Å². The van der Waals surface area contributed by atoms with E-state index in [2.05, 4.69) is 0 Å². The van der Waals surface area contributed by atoms with Gasteiger partial charge in [0.25, 0.3) is 0 Å². The summed E-state index contributed by atoms with van der Waals surface area (Å²) in [6.07, 6.45) is 2.34. The van der Waals surface area contributed by atoms with E-state index in [9.17, 15) is 9.90 Å². The monoisotopic (exact) mass is 253 g/mol. The van der Waals surface area contributed by atoms with Crippen LogP contribution in [0.1, 0.15) is 11.5 Å². The molecular formula is C13H19NO4. The molecule has 100 valence electrons. The number of aryl methyl sites for hydroxylation is 1. The van der Waals surface area contributed by atoms with E-state index in [1.165, 1.54) is 18.1 Å². The highest BCUT2D eigenvalue weighted by Crippen LogP contribution is 2.08. The fourth-order valence-electron chi connectivity index (χ4n) is 1.47. The standard InChI is InChI=1S/C13H19NO4/c1-10-4-5-12(18-10)6-7-13(16)14(2)8-11(15)9-17-3/h4-7,11,15H,8-9H2,1-3H3. The summed E-state index contributed by atoms with van der Waals surface area (Å²) in [4.78, 5) is 13.1. The van der Waals surface area contributed by atoms with Gasteiger partial charge in [-0.2, -0.15) is 0 Å². The number of hydrogen-bond acceptors (Lipinski definition) is 4. The number of amides is 1. The number of rotatable bonds is 6. The number of ether oxygens (including phenoxy) is 1. The van der Waals surface area contributed by atoms with Gasteiger partial charge in [-0.3, -0.25) is 4.79 Å². The smallest absolute Gasteiger partial charge is 0.246 e. The molecule has 0 aromatic carbocycles. The Morgan fingerprint density at radius 3 is 2.89 bits per heavy atom. The van der Waals surface area contributed by atoms with Crippen LogP contribution in [0.5, 0.6) is 0 Å². The number of carbonyl (C=O) groups excluding carboxylic acids is 1. The van der Waals surface area contributed by atoms with Crippen molar-refractivity contribution in [3.63, 3.8) is 0 Å². The Morgan fingerprint density at radius 2 is 2.33 bits per heavy atom. The van der Waals surface area contributed by atoms with Crippen molar-refractivity contribution in [1.29, 1.82) is 0 Å². The molecule has 1 heterocycles. The second kappa shape index (κ2) is 6.98. The molecule has 0 fully saturated rings. The van der Waals surface area contributed by atoms with Crippen molar-refractivity contribution >= 4 is 12.0 Å². The summed E-state index contributed by atoms with van der Waals surface area (Å²) >= 11 is 0. The lowest BCUT2D eigenvalue weighted by Gasteiger charge is -2.18. The van der Waals surface area contributed by atoms with Crippen LogP contribution in [0.25, 0.3) is 6.08 Å². The molecule has 1 N–H and O–H groups in total. The number of nitrogens with zero attached hydrogens (tertiary/aromatic N) is 1. The van der Waals surface area contributed by atoms with Gasteiger partial charge in [-0.1, -0.05) is 0 Å². The first-order chi connectivity index (χ1) is 8.52. The zero-order valence-electron chi connectivity index (χ0n) is 10.9. The third-order valence-corrected chi connectivity index (χ3v) is 2.37. The minimum absolute atomic E-state index is 0.195. The van der Waals surface area contributed by atoms with Crippen LogP contribution >= 0.6 is 0 Å². The van der Waals surface area contributed by atoms with E-state index in [0.717, 1.165) is 5.76 Å². The van der Waals surface area contributed by atoms with Crippen LogP contribution in [0.4, 0.5) is 0 Å². The van der Waals surface area contributed by atoms with Gasteiger partial charge in [0.05, 0.1) is 12.7 Å². The number of carbonyl (C=O) groups is 1. The van der Waals surface area contributed by atoms with Gasteiger partial charge in [0, 0.05) is 26.8 Å². The minimum Gasteiger partial charge on any atom is -0.462 e. The molecule has 0 aliphatic carbocycles. The highest BCUT2D eigenvalue weighted by molar-refractivity contribution is 5.91. The van der Waals surface area contributed by atoms with Gasteiger partial charge >= 0.3 is 0 Å². The molecule has 1 aromatic rings. The Labute approximate surface area is 107 Å². The van der Waals surface area contributed by atoms with Crippen molar-refractivity contribution in [3.05, 3.63) is 29.7 Å². The average Bonchev–Trinajstić information content (AvgIpc) is 2.72. The normalized spacial score (nSPS) is 12.9. The molecule has 5 nitrogen and oxygen atoms in total. The fourth-order valence-corrected chi connectivity index (χ4v) is 1.47. The molecule has 1 rings (SSSR count). The third-order valence-electron chi connectivity index (χ3n) is 2.37. The molecule has 0 saturated heterocycles. The number of furan rings is 1. The van der Waals surface area contributed by atoms with E-state index in [-0.39, 0.29) is 19.1 Å². The van der Waals surface area contributed by atoms with Crippen LogP contribution in [-0.4, -0.2) is 49.3 Å². The maximum Gasteiger partial charge on any atom is 0.246 e. The Balaban J connectivity index is 2.46. The lowest BCUT2D eigenvalue weighted by Crippen LogP contribution is -2.35. The first-order valence-electron chi connectivity index (χ1n) is 5.69. The molecule has 0 radical (unpaired) electrons. The lowest BCUT2D eigenvalue weighted by atomic mass is 10.3. The Kier molecular flexibility index (Phi) is 5.61. The average molecular weight is 253 g/mol. The van der Waals surface area contributed by atoms with Gasteiger partial charge in [0.15, 0.2) is 0 Å². The molecular weight excluding hydrogens is 234 g/mol. The highest BCUT2D eigenvalue weighted by Gasteiger charge is 2.11. The maximum absolute atomic E-state index is 11.7. The van der Waals surface area contributed by atoms with E-state index in [4.69, 9.17) is 9.15 Å². The zero-order chi connectivity index (χ0) is 13.5. The largest absolute Gasteiger partial charge is 0.462 e. The molecule has 18 heavy (non-hydrogen) atoms. The molecule has 5 heteroatoms. The SMILES string of the molecule is COCC(O)CN(C)C(=O)C=Cc1ccc(C)o1. The van der Waals surface area contributed by atoms with Crippen molar-refractivity contribution < 1.29 is 19.1 Å². The highest BCUT2D eigenvalue weighted by atomic mass is 16.5. The second-order valence-corrected chi connectivity index (χ2v) is 4.11. The molecule has 0 saturated carbocycles. The van der Waals surface area contributed by atoms with Crippen LogP contribution in [0.2, 0.25) is 0 Å². The molecule has 1 unspecified atom stereocenters. The van der Waals surface area contributed by atoms with Crippen LogP contribution in [0.15, 0.2) is 22.6 Å². The van der Waals surface area contributed by atoms with Crippen molar-refractivity contribution in [2.75, 3.05) is 27.3 Å². The van der Waals surface area contributed by atoms with Crippen molar-refractivity contribution in [2.45, 2.75) is 13.0 Å². The predicted molar refractivity (Wildman–Crippen MR) is 68.0 cm³/mol. The number of aliphatic hydroxyl groups is 1. The number of likely N-dealkylation sites (N-methyl/N-ethyl adjacent to an activating group) is 1. The zero-order valence-corrected chi connectivity index (χ0v) is 10.9. The molecule has 1 atom stereocenters. The van der Waals surface area contributed by atoms with Crippen LogP contribution in [0.3, 0.4) is 0 Å². The van der Waals surface area contributed by atoms with Crippen LogP contribution in [0, 0.1) is 6.92 Å². The van der Waals surface area contributed by atoms with Gasteiger partial charge in [-0.15, -0.1) is 0 Å². The number of aliphatic hydroxyl groups excluding tert-OH is 1. The van der Waals surface area contributed by atoms with Gasteiger partial charge in [0.2, 0.25) is 5.91 Å². The van der Waals surface area contributed by atoms with Gasteiger partial charge in [0.1, 0.15) is 11.5 Å². The third kappa shape index (κ3) is 4.73. The van der Waals surface area contributed by atoms with Crippen molar-refractivity contribution in [2.24, 2.45) is 0 Å². The van der Waals surface area contributed by atoms with Gasteiger partial charge < -0.3 is 19.2 Å². The van der Waals surface area contributed by atoms with Gasteiger partial charge in [-0.25, -0.2) is 0 Å². The Hall–Kier alpha value is -1.59. The van der Waals surface area contributed by atoms with Gasteiger partial charge in [-0.05, 0) is 25.1 Å². The first-order valence-corrected chi connectivity index (χ1v) is 5.69. The summed E-state index contributed by atoms with van der Waals surface area (Å²) in [5, 5.41) is 9.50. The van der Waals surface area contributed by atoms with E-state index in [1.54, 1.807) is 19.2 Å². The van der Waals surface area contributed by atoms with E-state index < -0.39 is 6.10 Å². The van der Waals surface area contributed by atoms with Crippen molar-refractivity contribution in [1.82, 2.24) is 4.90 Å². The summed E-state index contributed by atoms with van der Waals surface area (Å²) in [6, 6.07) is 3.62. The first kappa shape index (κ1) is 14.5. The van der Waals surface area contributed by atoms with Crippen LogP contribution in [-0.2, 0) is 9.53 Å². The quantitative estimate of drug-likeness (QED) is 0.770. The maximum atomic E-state index is 11.7.